The molecule has 0 saturated carbocycles. The normalized spacial score (nSPS) is 13.5. The second-order valence-corrected chi connectivity index (χ2v) is 5.13. The zero-order valence-electron chi connectivity index (χ0n) is 11.1. The van der Waals surface area contributed by atoms with E-state index in [-0.39, 0.29) is 5.38 Å². The highest BCUT2D eigenvalue weighted by molar-refractivity contribution is 6.20. The molecule has 108 valence electrons. The van der Waals surface area contributed by atoms with Crippen LogP contribution in [0.25, 0.3) is 11.4 Å². The van der Waals surface area contributed by atoms with Gasteiger partial charge in [-0.1, -0.05) is 24.3 Å². The van der Waals surface area contributed by atoms with Crippen LogP contribution in [-0.4, -0.2) is 9.55 Å². The lowest BCUT2D eigenvalue weighted by Crippen LogP contribution is -2.05. The summed E-state index contributed by atoms with van der Waals surface area (Å²) in [7, 11) is 0. The van der Waals surface area contributed by atoms with Gasteiger partial charge in [0.15, 0.2) is 5.69 Å². The lowest BCUT2D eigenvalue weighted by atomic mass is 10.1. The van der Waals surface area contributed by atoms with Crippen molar-refractivity contribution in [3.63, 3.8) is 0 Å². The number of aromatic nitrogens is 2. The fourth-order valence-electron chi connectivity index (χ4n) is 1.92. The summed E-state index contributed by atoms with van der Waals surface area (Å²) < 4.78 is 39.6. The first-order valence-corrected chi connectivity index (χ1v) is 6.65. The number of hydrogen-bond acceptors (Lipinski definition) is 1. The van der Waals surface area contributed by atoms with Gasteiger partial charge < -0.3 is 4.57 Å². The van der Waals surface area contributed by atoms with E-state index in [1.807, 2.05) is 6.92 Å². The van der Waals surface area contributed by atoms with Crippen molar-refractivity contribution in [3.05, 3.63) is 41.7 Å². The summed E-state index contributed by atoms with van der Waals surface area (Å²) >= 11 is 5.95. The maximum absolute atomic E-state index is 12.7. The zero-order valence-corrected chi connectivity index (χ0v) is 11.8. The van der Waals surface area contributed by atoms with Crippen LogP contribution in [0.2, 0.25) is 0 Å². The molecule has 0 radical (unpaired) electrons. The number of hydrogen-bond donors (Lipinski definition) is 0. The third kappa shape index (κ3) is 2.98. The van der Waals surface area contributed by atoms with Crippen LogP contribution >= 0.6 is 11.6 Å². The van der Waals surface area contributed by atoms with Crippen molar-refractivity contribution in [1.82, 2.24) is 9.55 Å². The summed E-state index contributed by atoms with van der Waals surface area (Å²) in [6, 6.07) is 7.08. The Morgan fingerprint density at radius 2 is 1.85 bits per heavy atom. The number of alkyl halides is 4. The molecule has 0 aliphatic heterocycles. The van der Waals surface area contributed by atoms with Crippen LogP contribution in [-0.2, 0) is 12.7 Å². The van der Waals surface area contributed by atoms with Gasteiger partial charge >= 0.3 is 6.18 Å². The first-order valence-electron chi connectivity index (χ1n) is 6.21. The molecule has 1 atom stereocenters. The summed E-state index contributed by atoms with van der Waals surface area (Å²) in [6.45, 7) is 4.04. The van der Waals surface area contributed by atoms with E-state index in [2.05, 4.69) is 4.98 Å². The summed E-state index contributed by atoms with van der Waals surface area (Å²) in [4.78, 5) is 3.70. The molecule has 2 aromatic rings. The minimum Gasteiger partial charge on any atom is -0.331 e. The summed E-state index contributed by atoms with van der Waals surface area (Å²) in [6.07, 6.45) is -3.40. The molecular weight excluding hydrogens is 289 g/mol. The molecule has 2 rings (SSSR count). The first kappa shape index (κ1) is 14.9. The second kappa shape index (κ2) is 5.48. The molecule has 0 unspecified atom stereocenters. The molecule has 1 aromatic carbocycles. The van der Waals surface area contributed by atoms with Crippen LogP contribution in [0.4, 0.5) is 13.2 Å². The minimum atomic E-state index is -4.43. The average molecular weight is 303 g/mol. The van der Waals surface area contributed by atoms with E-state index in [0.29, 0.717) is 17.9 Å². The van der Waals surface area contributed by atoms with Crippen molar-refractivity contribution in [2.75, 3.05) is 0 Å². The highest BCUT2D eigenvalue weighted by Crippen LogP contribution is 2.31. The van der Waals surface area contributed by atoms with Crippen LogP contribution in [0.1, 0.15) is 30.5 Å². The quantitative estimate of drug-likeness (QED) is 0.738. The molecule has 0 fully saturated rings. The minimum absolute atomic E-state index is 0.138. The van der Waals surface area contributed by atoms with Crippen molar-refractivity contribution >= 4 is 11.6 Å². The highest BCUT2D eigenvalue weighted by atomic mass is 35.5. The fourth-order valence-corrected chi connectivity index (χ4v) is 2.07. The summed E-state index contributed by atoms with van der Waals surface area (Å²) in [5, 5.41) is -0.138. The van der Waals surface area contributed by atoms with E-state index in [1.54, 1.807) is 31.2 Å². The molecule has 0 aliphatic rings. The standard InChI is InChI=1S/C14H14ClF3N2/c1-3-20-8-12(14(16,17)18)19-13(20)11-6-4-10(5-7-11)9(2)15/h4-9H,3H2,1-2H3/t9-/m1/s1. The first-order chi connectivity index (χ1) is 9.32. The number of halogens is 4. The van der Waals surface area contributed by atoms with E-state index in [4.69, 9.17) is 11.6 Å². The van der Waals surface area contributed by atoms with Gasteiger partial charge in [0.25, 0.3) is 0 Å². The van der Waals surface area contributed by atoms with Crippen molar-refractivity contribution in [2.45, 2.75) is 31.9 Å². The van der Waals surface area contributed by atoms with Gasteiger partial charge in [-0.15, -0.1) is 11.6 Å². The van der Waals surface area contributed by atoms with Gasteiger partial charge in [0.1, 0.15) is 5.82 Å². The lowest BCUT2D eigenvalue weighted by Gasteiger charge is -2.07. The van der Waals surface area contributed by atoms with Crippen molar-refractivity contribution in [2.24, 2.45) is 0 Å². The predicted molar refractivity (Wildman–Crippen MR) is 72.6 cm³/mol. The Bertz CT molecular complexity index is 585. The van der Waals surface area contributed by atoms with Gasteiger partial charge in [0.05, 0.1) is 5.38 Å². The SMILES string of the molecule is CCn1cc(C(F)(F)F)nc1-c1ccc([C@@H](C)Cl)cc1. The molecule has 0 amide bonds. The molecule has 2 nitrogen and oxygen atoms in total. The van der Waals surface area contributed by atoms with Crippen LogP contribution in [0.15, 0.2) is 30.5 Å². The monoisotopic (exact) mass is 302 g/mol. The van der Waals surface area contributed by atoms with Crippen molar-refractivity contribution < 1.29 is 13.2 Å². The molecular formula is C14H14ClF3N2. The number of aryl methyl sites for hydroxylation is 1. The van der Waals surface area contributed by atoms with E-state index in [9.17, 15) is 13.2 Å². The van der Waals surface area contributed by atoms with Gasteiger partial charge in [0.2, 0.25) is 0 Å². The van der Waals surface area contributed by atoms with Gasteiger partial charge in [-0.2, -0.15) is 13.2 Å². The molecule has 0 N–H and O–H groups in total. The summed E-state index contributed by atoms with van der Waals surface area (Å²) in [5.41, 5.74) is 0.689. The Morgan fingerprint density at radius 1 is 1.25 bits per heavy atom. The number of benzene rings is 1. The van der Waals surface area contributed by atoms with Crippen LogP contribution in [0.5, 0.6) is 0 Å². The zero-order chi connectivity index (χ0) is 14.9. The molecule has 0 spiro atoms. The van der Waals surface area contributed by atoms with Crippen LogP contribution < -0.4 is 0 Å². The van der Waals surface area contributed by atoms with Gasteiger partial charge in [-0.3, -0.25) is 0 Å². The van der Waals surface area contributed by atoms with Gasteiger partial charge in [-0.25, -0.2) is 4.98 Å². The lowest BCUT2D eigenvalue weighted by molar-refractivity contribution is -0.140. The third-order valence-electron chi connectivity index (χ3n) is 3.04. The van der Waals surface area contributed by atoms with E-state index in [1.165, 1.54) is 4.57 Å². The van der Waals surface area contributed by atoms with Crippen LogP contribution in [0, 0.1) is 0 Å². The topological polar surface area (TPSA) is 17.8 Å². The Morgan fingerprint density at radius 3 is 2.30 bits per heavy atom. The molecule has 1 heterocycles. The Kier molecular flexibility index (Phi) is 4.09. The van der Waals surface area contributed by atoms with E-state index in [0.717, 1.165) is 11.8 Å². The van der Waals surface area contributed by atoms with Crippen molar-refractivity contribution in [3.8, 4) is 11.4 Å². The number of imidazole rings is 1. The third-order valence-corrected chi connectivity index (χ3v) is 3.29. The second-order valence-electron chi connectivity index (χ2n) is 4.47. The maximum Gasteiger partial charge on any atom is 0.434 e. The average Bonchev–Trinajstić information content (AvgIpc) is 2.82. The van der Waals surface area contributed by atoms with Crippen LogP contribution in [0.3, 0.4) is 0 Å². The molecule has 0 aliphatic carbocycles. The molecule has 1 aromatic heterocycles. The largest absolute Gasteiger partial charge is 0.434 e. The molecule has 0 bridgehead atoms. The Balaban J connectivity index is 2.43. The Hall–Kier alpha value is -1.49. The smallest absolute Gasteiger partial charge is 0.331 e. The number of rotatable bonds is 3. The predicted octanol–water partition coefficient (Wildman–Crippen LogP) is 4.89. The summed E-state index contributed by atoms with van der Waals surface area (Å²) in [5.74, 6) is 0.314. The fraction of sp³-hybridized carbons (Fsp3) is 0.357. The Labute approximate surface area is 120 Å². The maximum atomic E-state index is 12.7. The van der Waals surface area contributed by atoms with E-state index >= 15 is 0 Å². The van der Waals surface area contributed by atoms with Crippen molar-refractivity contribution in [1.29, 1.82) is 0 Å². The molecule has 20 heavy (non-hydrogen) atoms. The molecule has 6 heteroatoms. The van der Waals surface area contributed by atoms with Gasteiger partial charge in [-0.05, 0) is 19.4 Å². The van der Waals surface area contributed by atoms with Gasteiger partial charge in [0, 0.05) is 18.3 Å². The number of nitrogens with zero attached hydrogens (tertiary/aromatic N) is 2. The molecule has 0 saturated heterocycles. The highest BCUT2D eigenvalue weighted by Gasteiger charge is 2.34. The van der Waals surface area contributed by atoms with E-state index < -0.39 is 11.9 Å².